The number of methoxy groups -OCH3 is 1. The van der Waals surface area contributed by atoms with Crippen LogP contribution >= 0.6 is 0 Å². The summed E-state index contributed by atoms with van der Waals surface area (Å²) in [5.74, 6) is 0.338. The molecule has 0 fully saturated rings. The van der Waals surface area contributed by atoms with Crippen LogP contribution in [0.4, 0.5) is 4.39 Å². The van der Waals surface area contributed by atoms with Crippen LogP contribution in [0.3, 0.4) is 0 Å². The molecular weight excluding hydrogens is 281 g/mol. The van der Waals surface area contributed by atoms with Gasteiger partial charge in [-0.05, 0) is 37.6 Å². The fourth-order valence-corrected chi connectivity index (χ4v) is 2.35. The number of carbonyl (C=O) groups excluding carboxylic acids is 1. The smallest absolute Gasteiger partial charge is 0.224 e. The summed E-state index contributed by atoms with van der Waals surface area (Å²) in [5, 5.41) is 2.95. The first-order valence-electron chi connectivity index (χ1n) is 7.18. The monoisotopic (exact) mass is 301 g/mol. The predicted molar refractivity (Wildman–Crippen MR) is 84.4 cm³/mol. The number of aryl methyl sites for hydroxylation is 1. The summed E-state index contributed by atoms with van der Waals surface area (Å²) in [6.45, 7) is 3.91. The lowest BCUT2D eigenvalue weighted by atomic mass is 10.0. The second kappa shape index (κ2) is 7.07. The first kappa shape index (κ1) is 16.0. The van der Waals surface area contributed by atoms with Crippen molar-refractivity contribution >= 4 is 5.91 Å². The van der Waals surface area contributed by atoms with Gasteiger partial charge in [0.15, 0.2) is 0 Å². The molecule has 2 aromatic carbocycles. The van der Waals surface area contributed by atoms with Gasteiger partial charge >= 0.3 is 0 Å². The van der Waals surface area contributed by atoms with Crippen molar-refractivity contribution < 1.29 is 13.9 Å². The van der Waals surface area contributed by atoms with Gasteiger partial charge in [0.2, 0.25) is 5.91 Å². The Bertz CT molecular complexity index is 653. The van der Waals surface area contributed by atoms with E-state index in [2.05, 4.69) is 5.32 Å². The molecule has 0 aliphatic heterocycles. The van der Waals surface area contributed by atoms with Gasteiger partial charge in [-0.15, -0.1) is 0 Å². The second-order valence-electron chi connectivity index (χ2n) is 5.34. The molecule has 0 heterocycles. The highest BCUT2D eigenvalue weighted by atomic mass is 19.1. The highest BCUT2D eigenvalue weighted by molar-refractivity contribution is 5.79. The lowest BCUT2D eigenvalue weighted by molar-refractivity contribution is -0.121. The summed E-state index contributed by atoms with van der Waals surface area (Å²) in [7, 11) is 1.61. The lowest BCUT2D eigenvalue weighted by Gasteiger charge is -2.18. The fourth-order valence-electron chi connectivity index (χ4n) is 2.35. The molecule has 0 radical (unpaired) electrons. The van der Waals surface area contributed by atoms with Crippen LogP contribution in [-0.4, -0.2) is 13.0 Å². The molecule has 2 aromatic rings. The topological polar surface area (TPSA) is 38.3 Å². The summed E-state index contributed by atoms with van der Waals surface area (Å²) in [6.07, 6.45) is 0.221. The van der Waals surface area contributed by atoms with Gasteiger partial charge in [0.05, 0.1) is 19.6 Å². The van der Waals surface area contributed by atoms with E-state index in [1.807, 2.05) is 32.0 Å². The zero-order valence-corrected chi connectivity index (χ0v) is 13.0. The molecule has 0 saturated carbocycles. The molecule has 0 saturated heterocycles. The largest absolute Gasteiger partial charge is 0.496 e. The predicted octanol–water partition coefficient (Wildman–Crippen LogP) is 3.56. The quantitative estimate of drug-likeness (QED) is 0.917. The van der Waals surface area contributed by atoms with Gasteiger partial charge in [-0.2, -0.15) is 0 Å². The number of amides is 1. The van der Waals surface area contributed by atoms with Gasteiger partial charge in [-0.1, -0.05) is 29.8 Å². The summed E-state index contributed by atoms with van der Waals surface area (Å²) >= 11 is 0. The zero-order valence-electron chi connectivity index (χ0n) is 13.0. The van der Waals surface area contributed by atoms with Crippen molar-refractivity contribution in [2.24, 2.45) is 0 Å². The molecule has 0 bridgehead atoms. The number of hydrogen-bond donors (Lipinski definition) is 1. The molecule has 0 aliphatic rings. The molecule has 0 aliphatic carbocycles. The van der Waals surface area contributed by atoms with Gasteiger partial charge in [0.1, 0.15) is 11.6 Å². The van der Waals surface area contributed by atoms with Crippen LogP contribution in [-0.2, 0) is 11.2 Å². The standard InChI is InChI=1S/C18H20FNO2/c1-12-4-9-17(22-3)16(10-12)13(2)20-18(21)11-14-5-7-15(19)8-6-14/h4-10,13H,11H2,1-3H3,(H,20,21). The van der Waals surface area contributed by atoms with Crippen LogP contribution in [0.1, 0.15) is 29.7 Å². The highest BCUT2D eigenvalue weighted by Crippen LogP contribution is 2.26. The zero-order chi connectivity index (χ0) is 16.1. The number of nitrogens with one attached hydrogen (secondary N) is 1. The molecule has 1 atom stereocenters. The van der Waals surface area contributed by atoms with E-state index >= 15 is 0 Å². The minimum absolute atomic E-state index is 0.109. The maximum Gasteiger partial charge on any atom is 0.224 e. The molecule has 4 heteroatoms. The van der Waals surface area contributed by atoms with Gasteiger partial charge in [-0.25, -0.2) is 4.39 Å². The van der Waals surface area contributed by atoms with E-state index in [0.29, 0.717) is 0 Å². The van der Waals surface area contributed by atoms with E-state index in [0.717, 1.165) is 22.4 Å². The van der Waals surface area contributed by atoms with Gasteiger partial charge in [0.25, 0.3) is 0 Å². The molecule has 0 spiro atoms. The van der Waals surface area contributed by atoms with Crippen LogP contribution in [0.5, 0.6) is 5.75 Å². The van der Waals surface area contributed by atoms with E-state index in [1.54, 1.807) is 19.2 Å². The molecule has 2 rings (SSSR count). The van der Waals surface area contributed by atoms with E-state index in [-0.39, 0.29) is 24.2 Å². The third-order valence-corrected chi connectivity index (χ3v) is 3.51. The molecular formula is C18H20FNO2. The first-order chi connectivity index (χ1) is 10.5. The van der Waals surface area contributed by atoms with Gasteiger partial charge in [-0.3, -0.25) is 4.79 Å². The van der Waals surface area contributed by atoms with Crippen LogP contribution in [0.25, 0.3) is 0 Å². The number of rotatable bonds is 5. The average Bonchev–Trinajstić information content (AvgIpc) is 2.49. The van der Waals surface area contributed by atoms with E-state index in [9.17, 15) is 9.18 Å². The van der Waals surface area contributed by atoms with E-state index in [4.69, 9.17) is 4.74 Å². The van der Waals surface area contributed by atoms with Gasteiger partial charge in [0, 0.05) is 5.56 Å². The Hall–Kier alpha value is -2.36. The number of carbonyl (C=O) groups is 1. The Kier molecular flexibility index (Phi) is 5.15. The Morgan fingerprint density at radius 2 is 1.91 bits per heavy atom. The minimum Gasteiger partial charge on any atom is -0.496 e. The number of benzene rings is 2. The normalized spacial score (nSPS) is 11.8. The molecule has 0 aromatic heterocycles. The summed E-state index contributed by atoms with van der Waals surface area (Å²) in [5.41, 5.74) is 2.83. The Morgan fingerprint density at radius 3 is 2.55 bits per heavy atom. The van der Waals surface area contributed by atoms with Crippen molar-refractivity contribution in [3.63, 3.8) is 0 Å². The second-order valence-corrected chi connectivity index (χ2v) is 5.34. The highest BCUT2D eigenvalue weighted by Gasteiger charge is 2.14. The SMILES string of the molecule is COc1ccc(C)cc1C(C)NC(=O)Cc1ccc(F)cc1. The molecule has 1 N–H and O–H groups in total. The lowest BCUT2D eigenvalue weighted by Crippen LogP contribution is -2.28. The van der Waals surface area contributed by atoms with Crippen molar-refractivity contribution in [2.75, 3.05) is 7.11 Å². The Labute approximate surface area is 130 Å². The molecule has 1 unspecified atom stereocenters. The van der Waals surface area contributed by atoms with Crippen molar-refractivity contribution in [3.8, 4) is 5.75 Å². The number of ether oxygens (including phenoxy) is 1. The number of hydrogen-bond acceptors (Lipinski definition) is 2. The van der Waals surface area contributed by atoms with Crippen LogP contribution < -0.4 is 10.1 Å². The van der Waals surface area contributed by atoms with Crippen LogP contribution in [0.15, 0.2) is 42.5 Å². The Balaban J connectivity index is 2.05. The average molecular weight is 301 g/mol. The fraction of sp³-hybridized carbons (Fsp3) is 0.278. The Morgan fingerprint density at radius 1 is 1.23 bits per heavy atom. The maximum atomic E-state index is 12.9. The number of halogens is 1. The maximum absolute atomic E-state index is 12.9. The molecule has 116 valence electrons. The van der Waals surface area contributed by atoms with E-state index in [1.165, 1.54) is 12.1 Å². The minimum atomic E-state index is -0.304. The molecule has 1 amide bonds. The van der Waals surface area contributed by atoms with Crippen molar-refractivity contribution in [1.29, 1.82) is 0 Å². The van der Waals surface area contributed by atoms with Crippen molar-refractivity contribution in [3.05, 3.63) is 65.0 Å². The van der Waals surface area contributed by atoms with Crippen LogP contribution in [0.2, 0.25) is 0 Å². The molecule has 3 nitrogen and oxygen atoms in total. The third-order valence-electron chi connectivity index (χ3n) is 3.51. The first-order valence-corrected chi connectivity index (χ1v) is 7.18. The third kappa shape index (κ3) is 4.07. The summed E-state index contributed by atoms with van der Waals surface area (Å²) in [6, 6.07) is 11.7. The van der Waals surface area contributed by atoms with Crippen molar-refractivity contribution in [1.82, 2.24) is 5.32 Å². The van der Waals surface area contributed by atoms with Crippen molar-refractivity contribution in [2.45, 2.75) is 26.3 Å². The van der Waals surface area contributed by atoms with Crippen LogP contribution in [0, 0.1) is 12.7 Å². The summed E-state index contributed by atoms with van der Waals surface area (Å²) < 4.78 is 18.2. The summed E-state index contributed by atoms with van der Waals surface area (Å²) in [4.78, 5) is 12.1. The van der Waals surface area contributed by atoms with Gasteiger partial charge < -0.3 is 10.1 Å². The molecule has 22 heavy (non-hydrogen) atoms. The van der Waals surface area contributed by atoms with E-state index < -0.39 is 0 Å².